The number of nitrogens with two attached hydrogens (primary N) is 1. The van der Waals surface area contributed by atoms with Gasteiger partial charge in [-0.1, -0.05) is 37.3 Å². The first-order chi connectivity index (χ1) is 12.6. The summed E-state index contributed by atoms with van der Waals surface area (Å²) in [5.41, 5.74) is 6.83. The first kappa shape index (κ1) is 18.3. The van der Waals surface area contributed by atoms with Gasteiger partial charge in [0.05, 0.1) is 12.5 Å². The van der Waals surface area contributed by atoms with Gasteiger partial charge >= 0.3 is 0 Å². The van der Waals surface area contributed by atoms with Gasteiger partial charge in [-0.05, 0) is 31.5 Å². The third-order valence-electron chi connectivity index (χ3n) is 5.12. The first-order valence-corrected chi connectivity index (χ1v) is 9.19. The van der Waals surface area contributed by atoms with Crippen molar-refractivity contribution in [3.05, 3.63) is 54.0 Å². The molecule has 2 heterocycles. The summed E-state index contributed by atoms with van der Waals surface area (Å²) in [4.78, 5) is 25.8. The zero-order valence-corrected chi connectivity index (χ0v) is 15.5. The standard InChI is InChI=1S/C20H27N5O/c1-3-17(15-7-5-4-6-8-15)20(26)25-12-10-16(13-25)24(2)14-19-22-11-9-18(21)23-19/h4-9,11,16-17H,3,10,12-14H2,1-2H3,(H2,21,22,23)/t16-,17-/m1/s1. The lowest BCUT2D eigenvalue weighted by Crippen LogP contribution is -2.38. The van der Waals surface area contributed by atoms with Crippen LogP contribution in [0.25, 0.3) is 0 Å². The lowest BCUT2D eigenvalue weighted by molar-refractivity contribution is -0.132. The van der Waals surface area contributed by atoms with Gasteiger partial charge in [0.1, 0.15) is 11.6 Å². The van der Waals surface area contributed by atoms with E-state index < -0.39 is 0 Å². The Bertz CT molecular complexity index is 736. The molecule has 6 heteroatoms. The molecule has 1 aliphatic rings. The fraction of sp³-hybridized carbons (Fsp3) is 0.450. The summed E-state index contributed by atoms with van der Waals surface area (Å²) >= 11 is 0. The lowest BCUT2D eigenvalue weighted by Gasteiger charge is -2.26. The number of anilines is 1. The predicted molar refractivity (Wildman–Crippen MR) is 102 cm³/mol. The number of amides is 1. The van der Waals surface area contributed by atoms with E-state index in [2.05, 4.69) is 28.8 Å². The number of aromatic nitrogens is 2. The number of rotatable bonds is 6. The summed E-state index contributed by atoms with van der Waals surface area (Å²) in [6.07, 6.45) is 3.47. The molecular weight excluding hydrogens is 326 g/mol. The summed E-state index contributed by atoms with van der Waals surface area (Å²) in [5, 5.41) is 0. The van der Waals surface area contributed by atoms with Crippen molar-refractivity contribution in [3.8, 4) is 0 Å². The van der Waals surface area contributed by atoms with Crippen LogP contribution in [0, 0.1) is 0 Å². The van der Waals surface area contributed by atoms with E-state index in [1.54, 1.807) is 12.3 Å². The second-order valence-electron chi connectivity index (χ2n) is 6.91. The number of nitrogens with zero attached hydrogens (tertiary/aromatic N) is 4. The maximum atomic E-state index is 13.0. The predicted octanol–water partition coefficient (Wildman–Crippen LogP) is 2.29. The fourth-order valence-electron chi connectivity index (χ4n) is 3.60. The molecule has 6 nitrogen and oxygen atoms in total. The topological polar surface area (TPSA) is 75.4 Å². The normalized spacial score (nSPS) is 18.3. The van der Waals surface area contributed by atoms with Gasteiger partial charge in [-0.25, -0.2) is 9.97 Å². The molecule has 1 saturated heterocycles. The molecule has 1 aliphatic heterocycles. The molecule has 0 unspecified atom stereocenters. The van der Waals surface area contributed by atoms with Crippen molar-refractivity contribution in [1.82, 2.24) is 19.8 Å². The number of likely N-dealkylation sites (N-methyl/N-ethyl adjacent to an activating group) is 1. The van der Waals surface area contributed by atoms with Crippen LogP contribution in [-0.4, -0.2) is 51.9 Å². The largest absolute Gasteiger partial charge is 0.384 e. The van der Waals surface area contributed by atoms with Gasteiger partial charge in [0.15, 0.2) is 0 Å². The van der Waals surface area contributed by atoms with Gasteiger partial charge in [-0.15, -0.1) is 0 Å². The summed E-state index contributed by atoms with van der Waals surface area (Å²) < 4.78 is 0. The van der Waals surface area contributed by atoms with Crippen LogP contribution in [0.4, 0.5) is 5.82 Å². The van der Waals surface area contributed by atoms with Crippen LogP contribution in [0.2, 0.25) is 0 Å². The highest BCUT2D eigenvalue weighted by atomic mass is 16.2. The highest BCUT2D eigenvalue weighted by molar-refractivity contribution is 5.84. The van der Waals surface area contributed by atoms with Gasteiger partial charge < -0.3 is 10.6 Å². The minimum atomic E-state index is -0.0579. The van der Waals surface area contributed by atoms with Crippen molar-refractivity contribution < 1.29 is 4.79 Å². The Morgan fingerprint density at radius 2 is 2.12 bits per heavy atom. The summed E-state index contributed by atoms with van der Waals surface area (Å²) in [5.74, 6) is 1.38. The fourth-order valence-corrected chi connectivity index (χ4v) is 3.60. The van der Waals surface area contributed by atoms with Gasteiger partial charge in [0.25, 0.3) is 0 Å². The van der Waals surface area contributed by atoms with E-state index in [9.17, 15) is 4.79 Å². The number of nitrogen functional groups attached to an aromatic ring is 1. The second-order valence-corrected chi connectivity index (χ2v) is 6.91. The molecule has 1 aromatic heterocycles. The highest BCUT2D eigenvalue weighted by Gasteiger charge is 2.32. The van der Waals surface area contributed by atoms with Crippen LogP contribution in [-0.2, 0) is 11.3 Å². The molecule has 3 rings (SSSR count). The molecule has 0 spiro atoms. The molecule has 0 radical (unpaired) electrons. The molecular formula is C20H27N5O. The Labute approximate surface area is 155 Å². The third-order valence-corrected chi connectivity index (χ3v) is 5.12. The van der Waals surface area contributed by atoms with E-state index in [0.29, 0.717) is 24.2 Å². The maximum absolute atomic E-state index is 13.0. The van der Waals surface area contributed by atoms with Crippen molar-refractivity contribution in [3.63, 3.8) is 0 Å². The second kappa shape index (κ2) is 8.27. The average molecular weight is 353 g/mol. The Morgan fingerprint density at radius 3 is 2.81 bits per heavy atom. The molecule has 2 N–H and O–H groups in total. The average Bonchev–Trinajstić information content (AvgIpc) is 3.13. The Hall–Kier alpha value is -2.47. The molecule has 138 valence electrons. The SMILES string of the molecule is CC[C@@H](C(=O)N1CC[C@@H](N(C)Cc2nccc(N)n2)C1)c1ccccc1. The van der Waals surface area contributed by atoms with Crippen LogP contribution >= 0.6 is 0 Å². The van der Waals surface area contributed by atoms with E-state index >= 15 is 0 Å². The highest BCUT2D eigenvalue weighted by Crippen LogP contribution is 2.25. The Balaban J connectivity index is 1.61. The molecule has 0 aliphatic carbocycles. The monoisotopic (exact) mass is 353 g/mol. The number of likely N-dealkylation sites (tertiary alicyclic amines) is 1. The van der Waals surface area contributed by atoms with Crippen molar-refractivity contribution >= 4 is 11.7 Å². The Kier molecular flexibility index (Phi) is 5.83. The molecule has 0 saturated carbocycles. The van der Waals surface area contributed by atoms with Crippen molar-refractivity contribution in [2.45, 2.75) is 38.3 Å². The van der Waals surface area contributed by atoms with Gasteiger partial charge in [0.2, 0.25) is 5.91 Å². The quantitative estimate of drug-likeness (QED) is 0.862. The lowest BCUT2D eigenvalue weighted by atomic mass is 9.95. The maximum Gasteiger partial charge on any atom is 0.230 e. The zero-order chi connectivity index (χ0) is 18.5. The molecule has 1 amide bonds. The summed E-state index contributed by atoms with van der Waals surface area (Å²) in [6.45, 7) is 4.26. The van der Waals surface area contributed by atoms with E-state index in [1.807, 2.05) is 35.2 Å². The van der Waals surface area contributed by atoms with E-state index in [-0.39, 0.29) is 11.8 Å². The van der Waals surface area contributed by atoms with Crippen molar-refractivity contribution in [2.75, 3.05) is 25.9 Å². The van der Waals surface area contributed by atoms with E-state index in [4.69, 9.17) is 5.73 Å². The Morgan fingerprint density at radius 1 is 1.35 bits per heavy atom. The molecule has 2 atom stereocenters. The number of carbonyl (C=O) groups is 1. The number of carbonyl (C=O) groups excluding carboxylic acids is 1. The van der Waals surface area contributed by atoms with Crippen molar-refractivity contribution in [2.24, 2.45) is 0 Å². The molecule has 1 fully saturated rings. The van der Waals surface area contributed by atoms with Gasteiger partial charge in [-0.3, -0.25) is 9.69 Å². The molecule has 2 aromatic rings. The van der Waals surface area contributed by atoms with Gasteiger partial charge in [-0.2, -0.15) is 0 Å². The summed E-state index contributed by atoms with van der Waals surface area (Å²) in [6, 6.07) is 12.1. The molecule has 1 aromatic carbocycles. The zero-order valence-electron chi connectivity index (χ0n) is 15.5. The van der Waals surface area contributed by atoms with Crippen LogP contribution in [0.5, 0.6) is 0 Å². The van der Waals surface area contributed by atoms with Gasteiger partial charge in [0, 0.05) is 25.3 Å². The number of hydrogen-bond donors (Lipinski definition) is 1. The van der Waals surface area contributed by atoms with E-state index in [1.165, 1.54) is 0 Å². The third kappa shape index (κ3) is 4.19. The first-order valence-electron chi connectivity index (χ1n) is 9.19. The summed E-state index contributed by atoms with van der Waals surface area (Å²) in [7, 11) is 2.06. The van der Waals surface area contributed by atoms with Crippen LogP contribution in [0.15, 0.2) is 42.6 Å². The molecule has 26 heavy (non-hydrogen) atoms. The van der Waals surface area contributed by atoms with Crippen LogP contribution in [0.1, 0.15) is 37.1 Å². The van der Waals surface area contributed by atoms with Crippen molar-refractivity contribution in [1.29, 1.82) is 0 Å². The minimum Gasteiger partial charge on any atom is -0.384 e. The number of hydrogen-bond acceptors (Lipinski definition) is 5. The van der Waals surface area contributed by atoms with Crippen LogP contribution in [0.3, 0.4) is 0 Å². The van der Waals surface area contributed by atoms with Crippen LogP contribution < -0.4 is 5.73 Å². The smallest absolute Gasteiger partial charge is 0.230 e. The number of benzene rings is 1. The van der Waals surface area contributed by atoms with E-state index in [0.717, 1.165) is 31.5 Å². The molecule has 0 bridgehead atoms. The minimum absolute atomic E-state index is 0.0579.